The number of carbonyl (C=O) groups excluding carboxylic acids is 1. The Kier molecular flexibility index (Phi) is 5.76. The summed E-state index contributed by atoms with van der Waals surface area (Å²) in [7, 11) is 0. The minimum atomic E-state index is -0.210. The van der Waals surface area contributed by atoms with Crippen LogP contribution in [-0.2, 0) is 11.3 Å². The number of aromatic nitrogens is 2. The summed E-state index contributed by atoms with van der Waals surface area (Å²) in [5, 5.41) is 7.97. The van der Waals surface area contributed by atoms with Gasteiger partial charge in [-0.1, -0.05) is 25.0 Å². The minimum absolute atomic E-state index is 0.134. The van der Waals surface area contributed by atoms with E-state index in [1.54, 1.807) is 12.1 Å². The van der Waals surface area contributed by atoms with Gasteiger partial charge in [-0.3, -0.25) is 9.48 Å². The molecule has 2 aromatic rings. The Hall–Kier alpha value is -2.21. The fourth-order valence-corrected chi connectivity index (χ4v) is 4.74. The lowest BCUT2D eigenvalue weighted by molar-refractivity contribution is -0.132. The fraction of sp³-hybridized carbons (Fsp3) is 0.545. The molecule has 1 aromatic heterocycles. The monoisotopic (exact) mass is 384 g/mol. The van der Waals surface area contributed by atoms with Crippen LogP contribution in [0.1, 0.15) is 49.1 Å². The van der Waals surface area contributed by atoms with Crippen molar-refractivity contribution >= 4 is 5.91 Å². The Morgan fingerprint density at radius 2 is 2.21 bits per heavy atom. The van der Waals surface area contributed by atoms with Crippen molar-refractivity contribution in [3.63, 3.8) is 0 Å². The van der Waals surface area contributed by atoms with Gasteiger partial charge >= 0.3 is 0 Å². The molecular weight excluding hydrogens is 355 g/mol. The summed E-state index contributed by atoms with van der Waals surface area (Å²) in [6.45, 7) is 4.21. The molecule has 2 aliphatic heterocycles. The maximum Gasteiger partial charge on any atom is 0.224 e. The molecular formula is C22H29FN4O. The molecule has 2 saturated heterocycles. The number of nitrogens with one attached hydrogen (secondary N) is 1. The molecule has 0 aliphatic carbocycles. The van der Waals surface area contributed by atoms with Crippen molar-refractivity contribution < 1.29 is 9.18 Å². The molecule has 1 aromatic carbocycles. The molecule has 0 saturated carbocycles. The van der Waals surface area contributed by atoms with Gasteiger partial charge in [0.2, 0.25) is 5.91 Å². The van der Waals surface area contributed by atoms with Crippen LogP contribution in [0, 0.1) is 12.7 Å². The van der Waals surface area contributed by atoms with Gasteiger partial charge < -0.3 is 10.2 Å². The predicted molar refractivity (Wildman–Crippen MR) is 106 cm³/mol. The van der Waals surface area contributed by atoms with Gasteiger partial charge in [-0.2, -0.15) is 5.10 Å². The smallest absolute Gasteiger partial charge is 0.224 e. The number of amides is 1. The van der Waals surface area contributed by atoms with Gasteiger partial charge in [0.15, 0.2) is 0 Å². The molecule has 0 radical (unpaired) electrons. The van der Waals surface area contributed by atoms with Crippen LogP contribution in [-0.4, -0.2) is 45.8 Å². The van der Waals surface area contributed by atoms with E-state index >= 15 is 0 Å². The molecule has 2 fully saturated rings. The van der Waals surface area contributed by atoms with Crippen LogP contribution < -0.4 is 5.32 Å². The average Bonchev–Trinajstić information content (AvgIpc) is 3.23. The summed E-state index contributed by atoms with van der Waals surface area (Å²) in [5.41, 5.74) is 2.09. The van der Waals surface area contributed by atoms with Crippen molar-refractivity contribution in [2.24, 2.45) is 0 Å². The van der Waals surface area contributed by atoms with Crippen LogP contribution in [0.2, 0.25) is 0 Å². The Balaban J connectivity index is 1.52. The molecule has 6 heteroatoms. The number of carbonyl (C=O) groups is 1. The zero-order valence-corrected chi connectivity index (χ0v) is 16.5. The maximum atomic E-state index is 13.8. The molecule has 2 aliphatic rings. The molecule has 150 valence electrons. The van der Waals surface area contributed by atoms with Gasteiger partial charge in [0.25, 0.3) is 0 Å². The maximum absolute atomic E-state index is 13.8. The Bertz CT molecular complexity index is 820. The summed E-state index contributed by atoms with van der Waals surface area (Å²) in [5.74, 6) is 0.0952. The number of aryl methyl sites for hydroxylation is 2. The zero-order chi connectivity index (χ0) is 19.5. The fourth-order valence-electron chi connectivity index (χ4n) is 4.74. The second-order valence-electron chi connectivity index (χ2n) is 8.13. The number of likely N-dealkylation sites (tertiary alicyclic amines) is 1. The molecule has 5 nitrogen and oxygen atoms in total. The summed E-state index contributed by atoms with van der Waals surface area (Å²) in [6, 6.07) is 7.25. The van der Waals surface area contributed by atoms with E-state index in [1.165, 1.54) is 12.5 Å². The van der Waals surface area contributed by atoms with Crippen molar-refractivity contribution in [1.29, 1.82) is 0 Å². The predicted octanol–water partition coefficient (Wildman–Crippen LogP) is 3.25. The summed E-state index contributed by atoms with van der Waals surface area (Å²) < 4.78 is 15.7. The van der Waals surface area contributed by atoms with E-state index in [2.05, 4.69) is 15.3 Å². The van der Waals surface area contributed by atoms with E-state index < -0.39 is 0 Å². The van der Waals surface area contributed by atoms with Crippen LogP contribution in [0.15, 0.2) is 36.7 Å². The molecule has 3 heterocycles. The Labute approximate surface area is 165 Å². The highest BCUT2D eigenvalue weighted by molar-refractivity contribution is 5.77. The average molecular weight is 384 g/mol. The van der Waals surface area contributed by atoms with Crippen LogP contribution >= 0.6 is 0 Å². The van der Waals surface area contributed by atoms with Crippen molar-refractivity contribution in [2.75, 3.05) is 13.1 Å². The summed E-state index contributed by atoms with van der Waals surface area (Å²) in [4.78, 5) is 15.2. The van der Waals surface area contributed by atoms with E-state index in [9.17, 15) is 9.18 Å². The van der Waals surface area contributed by atoms with E-state index in [0.717, 1.165) is 36.9 Å². The third kappa shape index (κ3) is 4.12. The standard InChI is InChI=1S/C22H29FN4O/c1-16-13-25-26(14-16)11-9-21(28)27-15-19(17-6-5-7-18(23)12-17)22-20(27)8-3-2-4-10-24-22/h5-7,12-14,19-20,22,24H,2-4,8-11,15H2,1H3/t19-,20+,22-/m0/s1. The first kappa shape index (κ1) is 19.1. The van der Waals surface area contributed by atoms with Gasteiger partial charge in [0.05, 0.1) is 6.20 Å². The molecule has 4 rings (SSSR count). The second kappa shape index (κ2) is 8.43. The van der Waals surface area contributed by atoms with Crippen LogP contribution in [0.5, 0.6) is 0 Å². The molecule has 0 unspecified atom stereocenters. The van der Waals surface area contributed by atoms with Gasteiger partial charge in [-0.25, -0.2) is 4.39 Å². The van der Waals surface area contributed by atoms with Gasteiger partial charge in [0, 0.05) is 43.7 Å². The van der Waals surface area contributed by atoms with Crippen LogP contribution in [0.4, 0.5) is 4.39 Å². The van der Waals surface area contributed by atoms with E-state index in [0.29, 0.717) is 19.5 Å². The van der Waals surface area contributed by atoms with Crippen LogP contribution in [0.25, 0.3) is 0 Å². The summed E-state index contributed by atoms with van der Waals surface area (Å²) >= 11 is 0. The molecule has 28 heavy (non-hydrogen) atoms. The van der Waals surface area contributed by atoms with Gasteiger partial charge in [0.1, 0.15) is 5.82 Å². The van der Waals surface area contributed by atoms with Crippen molar-refractivity contribution in [3.05, 3.63) is 53.6 Å². The second-order valence-corrected chi connectivity index (χ2v) is 8.13. The van der Waals surface area contributed by atoms with Crippen molar-refractivity contribution in [3.8, 4) is 0 Å². The van der Waals surface area contributed by atoms with Crippen LogP contribution in [0.3, 0.4) is 0 Å². The number of benzene rings is 1. The lowest BCUT2D eigenvalue weighted by Gasteiger charge is -2.31. The van der Waals surface area contributed by atoms with Crippen molar-refractivity contribution in [1.82, 2.24) is 20.0 Å². The number of hydrogen-bond acceptors (Lipinski definition) is 3. The molecule has 0 spiro atoms. The highest BCUT2D eigenvalue weighted by Gasteiger charge is 2.44. The SMILES string of the molecule is Cc1cnn(CCC(=O)N2C[C@@H](c3cccc(F)c3)[C@@H]3NCCCCC[C@H]32)c1. The highest BCUT2D eigenvalue weighted by atomic mass is 19.1. The quantitative estimate of drug-likeness (QED) is 0.880. The molecule has 0 bridgehead atoms. The lowest BCUT2D eigenvalue weighted by atomic mass is 9.88. The molecule has 1 N–H and O–H groups in total. The first-order valence-corrected chi connectivity index (χ1v) is 10.4. The Morgan fingerprint density at radius 3 is 3.00 bits per heavy atom. The number of halogens is 1. The third-order valence-electron chi connectivity index (χ3n) is 6.11. The Morgan fingerprint density at radius 1 is 1.32 bits per heavy atom. The van der Waals surface area contributed by atoms with E-state index in [1.807, 2.05) is 30.1 Å². The third-order valence-corrected chi connectivity index (χ3v) is 6.11. The molecule has 1 amide bonds. The van der Waals surface area contributed by atoms with E-state index in [-0.39, 0.29) is 29.7 Å². The normalized spacial score (nSPS) is 25.2. The molecule has 3 atom stereocenters. The number of hydrogen-bond donors (Lipinski definition) is 1. The first-order chi connectivity index (χ1) is 13.6. The van der Waals surface area contributed by atoms with Gasteiger partial charge in [-0.05, 0) is 49.6 Å². The lowest BCUT2D eigenvalue weighted by Crippen LogP contribution is -2.47. The number of rotatable bonds is 4. The van der Waals surface area contributed by atoms with Crippen molar-refractivity contribution in [2.45, 2.75) is 63.6 Å². The topological polar surface area (TPSA) is 50.2 Å². The number of fused-ring (bicyclic) bond motifs is 1. The minimum Gasteiger partial charge on any atom is -0.337 e. The van der Waals surface area contributed by atoms with E-state index in [4.69, 9.17) is 0 Å². The highest BCUT2D eigenvalue weighted by Crippen LogP contribution is 2.36. The first-order valence-electron chi connectivity index (χ1n) is 10.4. The largest absolute Gasteiger partial charge is 0.337 e. The van der Waals surface area contributed by atoms with Gasteiger partial charge in [-0.15, -0.1) is 0 Å². The zero-order valence-electron chi connectivity index (χ0n) is 16.5. The number of nitrogens with zero attached hydrogens (tertiary/aromatic N) is 3. The summed E-state index contributed by atoms with van der Waals surface area (Å²) in [6.07, 6.45) is 8.72.